The Morgan fingerprint density at radius 1 is 0.357 bits per heavy atom. The molecule has 0 amide bonds. The number of hydrogen-bond donors (Lipinski definition) is 0. The third kappa shape index (κ3) is 3.78. The van der Waals surface area contributed by atoms with Crippen LogP contribution in [0.3, 0.4) is 0 Å². The maximum Gasteiger partial charge on any atom is 0.0991 e. The van der Waals surface area contributed by atoms with Gasteiger partial charge in [-0.2, -0.15) is 5.26 Å². The third-order valence-corrected chi connectivity index (χ3v) is 8.49. The Kier molecular flexibility index (Phi) is 5.59. The van der Waals surface area contributed by atoms with Gasteiger partial charge in [-0.1, -0.05) is 133 Å². The highest BCUT2D eigenvalue weighted by atomic mass is 14.2. The van der Waals surface area contributed by atoms with Crippen LogP contribution in [0.5, 0.6) is 0 Å². The second kappa shape index (κ2) is 9.73. The zero-order chi connectivity index (χ0) is 28.0. The van der Waals surface area contributed by atoms with Crippen LogP contribution in [0.15, 0.2) is 152 Å². The number of nitrogens with zero attached hydrogens (tertiary/aromatic N) is 1. The van der Waals surface area contributed by atoms with Gasteiger partial charge in [-0.05, 0) is 94.7 Å². The van der Waals surface area contributed by atoms with E-state index in [2.05, 4.69) is 146 Å². The zero-order valence-electron chi connectivity index (χ0n) is 22.9. The van der Waals surface area contributed by atoms with E-state index in [0.29, 0.717) is 5.56 Å². The van der Waals surface area contributed by atoms with E-state index in [4.69, 9.17) is 0 Å². The summed E-state index contributed by atoms with van der Waals surface area (Å²) in [4.78, 5) is 0. The minimum absolute atomic E-state index is 0.670. The highest BCUT2D eigenvalue weighted by molar-refractivity contribution is 6.21. The maximum atomic E-state index is 9.35. The molecule has 0 heterocycles. The Bertz CT molecular complexity index is 2280. The molecule has 1 nitrogen and oxygen atoms in total. The van der Waals surface area contributed by atoms with Crippen molar-refractivity contribution in [3.8, 4) is 39.4 Å². The van der Waals surface area contributed by atoms with Crippen LogP contribution in [-0.2, 0) is 0 Å². The SMILES string of the molecule is N#Cc1ccc(-c2c3ccccc3c(-c3ccc(-c4cc5ccccc5c5ccccc45)cc3)c3ccccc23)cc1. The van der Waals surface area contributed by atoms with Crippen molar-refractivity contribution < 1.29 is 0 Å². The normalized spacial score (nSPS) is 11.3. The zero-order valence-corrected chi connectivity index (χ0v) is 22.9. The topological polar surface area (TPSA) is 23.8 Å². The first-order chi connectivity index (χ1) is 20.8. The summed E-state index contributed by atoms with van der Waals surface area (Å²) in [5.74, 6) is 0. The average Bonchev–Trinajstić information content (AvgIpc) is 3.07. The fraction of sp³-hybridized carbons (Fsp3) is 0. The van der Waals surface area contributed by atoms with E-state index in [9.17, 15) is 5.26 Å². The Morgan fingerprint density at radius 3 is 1.29 bits per heavy atom. The summed E-state index contributed by atoms with van der Waals surface area (Å²) in [7, 11) is 0. The number of rotatable bonds is 3. The molecule has 0 aromatic heterocycles. The summed E-state index contributed by atoms with van der Waals surface area (Å²) in [5.41, 5.74) is 7.89. The van der Waals surface area contributed by atoms with Gasteiger partial charge < -0.3 is 0 Å². The van der Waals surface area contributed by atoms with Gasteiger partial charge >= 0.3 is 0 Å². The maximum absolute atomic E-state index is 9.35. The molecule has 0 aliphatic rings. The fourth-order valence-electron chi connectivity index (χ4n) is 6.57. The van der Waals surface area contributed by atoms with Crippen molar-refractivity contribution in [2.45, 2.75) is 0 Å². The van der Waals surface area contributed by atoms with Crippen LogP contribution >= 0.6 is 0 Å². The quantitative estimate of drug-likeness (QED) is 0.164. The van der Waals surface area contributed by atoms with E-state index in [0.717, 1.165) is 5.56 Å². The second-order valence-electron chi connectivity index (χ2n) is 10.8. The molecular weight excluding hydrogens is 506 g/mol. The molecule has 0 atom stereocenters. The van der Waals surface area contributed by atoms with E-state index >= 15 is 0 Å². The minimum Gasteiger partial charge on any atom is -0.192 e. The van der Waals surface area contributed by atoms with Gasteiger partial charge in [-0.15, -0.1) is 0 Å². The predicted octanol–water partition coefficient (Wildman–Crippen LogP) is 11.2. The molecule has 194 valence electrons. The number of hydrogen-bond acceptors (Lipinski definition) is 1. The molecule has 0 aliphatic heterocycles. The fourth-order valence-corrected chi connectivity index (χ4v) is 6.57. The molecule has 8 aromatic carbocycles. The van der Waals surface area contributed by atoms with Crippen molar-refractivity contribution in [3.05, 3.63) is 157 Å². The largest absolute Gasteiger partial charge is 0.192 e. The molecule has 1 heteroatoms. The summed E-state index contributed by atoms with van der Waals surface area (Å²) in [5, 5.41) is 19.3. The van der Waals surface area contributed by atoms with Gasteiger partial charge in [0, 0.05) is 0 Å². The Hall–Kier alpha value is -5.71. The standard InChI is InChI=1S/C41H25N/c42-26-27-17-19-29(20-18-27)40-35-13-5-7-15-37(35)41(38-16-8-6-14-36(38)40)30-23-21-28(22-24-30)39-25-31-9-1-2-10-32(31)33-11-3-4-12-34(33)39/h1-25H. The average molecular weight is 532 g/mol. The van der Waals surface area contributed by atoms with Crippen LogP contribution in [0, 0.1) is 11.3 Å². The van der Waals surface area contributed by atoms with Crippen LogP contribution in [0.2, 0.25) is 0 Å². The lowest BCUT2D eigenvalue weighted by molar-refractivity contribution is 1.49. The number of fused-ring (bicyclic) bond motifs is 5. The van der Waals surface area contributed by atoms with E-state index in [1.165, 1.54) is 70.9 Å². The molecule has 8 rings (SSSR count). The Labute approximate surface area is 244 Å². The van der Waals surface area contributed by atoms with Gasteiger partial charge in [0.05, 0.1) is 11.6 Å². The summed E-state index contributed by atoms with van der Waals surface area (Å²) in [6, 6.07) is 56.3. The molecule has 0 spiro atoms. The van der Waals surface area contributed by atoms with Crippen molar-refractivity contribution in [1.29, 1.82) is 5.26 Å². The molecule has 0 saturated heterocycles. The molecule has 8 aromatic rings. The molecule has 0 N–H and O–H groups in total. The van der Waals surface area contributed by atoms with Crippen LogP contribution in [0.4, 0.5) is 0 Å². The molecule has 0 fully saturated rings. The molecule has 0 saturated carbocycles. The summed E-state index contributed by atoms with van der Waals surface area (Å²) >= 11 is 0. The van der Waals surface area contributed by atoms with E-state index < -0.39 is 0 Å². The lowest BCUT2D eigenvalue weighted by Gasteiger charge is -2.18. The molecular formula is C41H25N. The van der Waals surface area contributed by atoms with Gasteiger partial charge in [0.2, 0.25) is 0 Å². The molecule has 42 heavy (non-hydrogen) atoms. The smallest absolute Gasteiger partial charge is 0.0991 e. The first-order valence-electron chi connectivity index (χ1n) is 14.3. The van der Waals surface area contributed by atoms with Crippen LogP contribution < -0.4 is 0 Å². The van der Waals surface area contributed by atoms with Crippen LogP contribution in [0.1, 0.15) is 5.56 Å². The molecule has 0 aliphatic carbocycles. The Balaban J connectivity index is 1.34. The van der Waals surface area contributed by atoms with Crippen molar-refractivity contribution >= 4 is 43.1 Å². The van der Waals surface area contributed by atoms with Gasteiger partial charge in [0.25, 0.3) is 0 Å². The van der Waals surface area contributed by atoms with Crippen molar-refractivity contribution in [2.75, 3.05) is 0 Å². The number of benzene rings is 8. The highest BCUT2D eigenvalue weighted by Crippen LogP contribution is 2.44. The van der Waals surface area contributed by atoms with Crippen LogP contribution in [-0.4, -0.2) is 0 Å². The van der Waals surface area contributed by atoms with Crippen molar-refractivity contribution in [3.63, 3.8) is 0 Å². The summed E-state index contributed by atoms with van der Waals surface area (Å²) in [6.07, 6.45) is 0. The number of nitriles is 1. The van der Waals surface area contributed by atoms with Gasteiger partial charge in [-0.3, -0.25) is 0 Å². The highest BCUT2D eigenvalue weighted by Gasteiger charge is 2.17. The predicted molar refractivity (Wildman–Crippen MR) is 177 cm³/mol. The second-order valence-corrected chi connectivity index (χ2v) is 10.8. The third-order valence-electron chi connectivity index (χ3n) is 8.49. The van der Waals surface area contributed by atoms with E-state index in [-0.39, 0.29) is 0 Å². The summed E-state index contributed by atoms with van der Waals surface area (Å²) < 4.78 is 0. The lowest BCUT2D eigenvalue weighted by Crippen LogP contribution is -1.91. The van der Waals surface area contributed by atoms with Crippen LogP contribution in [0.25, 0.3) is 76.5 Å². The van der Waals surface area contributed by atoms with Gasteiger partial charge in [0.15, 0.2) is 0 Å². The monoisotopic (exact) mass is 531 g/mol. The molecule has 0 radical (unpaired) electrons. The molecule has 0 bridgehead atoms. The first kappa shape index (κ1) is 24.1. The summed E-state index contributed by atoms with van der Waals surface area (Å²) in [6.45, 7) is 0. The van der Waals surface area contributed by atoms with Gasteiger partial charge in [-0.25, -0.2) is 0 Å². The lowest BCUT2D eigenvalue weighted by atomic mass is 9.85. The Morgan fingerprint density at radius 2 is 0.762 bits per heavy atom. The first-order valence-corrected chi connectivity index (χ1v) is 14.3. The van der Waals surface area contributed by atoms with E-state index in [1.807, 2.05) is 12.1 Å². The van der Waals surface area contributed by atoms with E-state index in [1.54, 1.807) is 0 Å². The van der Waals surface area contributed by atoms with Crippen molar-refractivity contribution in [1.82, 2.24) is 0 Å². The van der Waals surface area contributed by atoms with Crippen molar-refractivity contribution in [2.24, 2.45) is 0 Å². The minimum atomic E-state index is 0.670. The van der Waals surface area contributed by atoms with Gasteiger partial charge in [0.1, 0.15) is 0 Å². The molecule has 0 unspecified atom stereocenters.